The van der Waals surface area contributed by atoms with Crippen LogP contribution >= 0.6 is 0 Å². The first-order chi connectivity index (χ1) is 12.6. The average molecular weight is 355 g/mol. The van der Waals surface area contributed by atoms with Gasteiger partial charge in [-0.2, -0.15) is 4.39 Å². The van der Waals surface area contributed by atoms with Crippen LogP contribution in [0.25, 0.3) is 16.9 Å². The van der Waals surface area contributed by atoms with Crippen LogP contribution in [0.4, 0.5) is 4.39 Å². The maximum absolute atomic E-state index is 13.7. The van der Waals surface area contributed by atoms with Crippen molar-refractivity contribution in [2.45, 2.75) is 20.3 Å². The number of amides is 1. The number of likely N-dealkylation sites (N-methyl/N-ethyl adjacent to an activating group) is 1. The van der Waals surface area contributed by atoms with Gasteiger partial charge < -0.3 is 9.64 Å². The zero-order valence-electron chi connectivity index (χ0n) is 15.1. The third-order valence-corrected chi connectivity index (χ3v) is 4.34. The second kappa shape index (κ2) is 7.51. The minimum absolute atomic E-state index is 0.0439. The molecule has 0 saturated carbocycles. The number of methoxy groups -OCH3 is 1. The number of halogens is 1. The number of imidazole rings is 1. The Morgan fingerprint density at radius 1 is 1.15 bits per heavy atom. The number of aromatic nitrogens is 3. The van der Waals surface area contributed by atoms with E-state index in [1.807, 2.05) is 38.1 Å². The Morgan fingerprint density at radius 2 is 1.85 bits per heavy atom. The fourth-order valence-corrected chi connectivity index (χ4v) is 2.93. The average Bonchev–Trinajstić information content (AvgIpc) is 3.00. The molecule has 0 bridgehead atoms. The number of carbonyl (C=O) groups excluding carboxylic acids is 1. The fourth-order valence-electron chi connectivity index (χ4n) is 2.93. The van der Waals surface area contributed by atoms with E-state index in [9.17, 15) is 9.18 Å². The molecule has 136 valence electrons. The van der Waals surface area contributed by atoms with E-state index in [0.717, 1.165) is 11.3 Å². The molecule has 6 nitrogen and oxygen atoms in total. The molecule has 26 heavy (non-hydrogen) atoms. The Bertz CT molecular complexity index is 917. The Hall–Kier alpha value is -2.96. The lowest BCUT2D eigenvalue weighted by molar-refractivity contribution is -0.130. The van der Waals surface area contributed by atoms with Crippen molar-refractivity contribution in [2.24, 2.45) is 0 Å². The number of carbonyl (C=O) groups is 1. The molecule has 1 aromatic carbocycles. The first kappa shape index (κ1) is 17.8. The van der Waals surface area contributed by atoms with Crippen molar-refractivity contribution >= 4 is 11.6 Å². The van der Waals surface area contributed by atoms with Crippen LogP contribution in [-0.2, 0) is 11.2 Å². The van der Waals surface area contributed by atoms with Crippen LogP contribution in [0.5, 0.6) is 5.75 Å². The van der Waals surface area contributed by atoms with Crippen molar-refractivity contribution in [3.05, 3.63) is 48.0 Å². The van der Waals surface area contributed by atoms with Gasteiger partial charge in [0.05, 0.1) is 24.9 Å². The highest BCUT2D eigenvalue weighted by Crippen LogP contribution is 2.26. The summed E-state index contributed by atoms with van der Waals surface area (Å²) in [6, 6.07) is 10.2. The van der Waals surface area contributed by atoms with Gasteiger partial charge in [-0.1, -0.05) is 0 Å². The van der Waals surface area contributed by atoms with E-state index in [1.54, 1.807) is 18.1 Å². The molecule has 0 atom stereocenters. The lowest BCUT2D eigenvalue weighted by Crippen LogP contribution is -2.32. The molecule has 0 aliphatic heterocycles. The van der Waals surface area contributed by atoms with Gasteiger partial charge in [-0.25, -0.2) is 9.50 Å². The van der Waals surface area contributed by atoms with E-state index >= 15 is 0 Å². The van der Waals surface area contributed by atoms with Gasteiger partial charge in [0.15, 0.2) is 5.65 Å². The van der Waals surface area contributed by atoms with Crippen LogP contribution in [0.1, 0.15) is 19.5 Å². The molecule has 0 spiro atoms. The molecule has 0 radical (unpaired) electrons. The lowest BCUT2D eigenvalue weighted by Gasteiger charge is -2.18. The summed E-state index contributed by atoms with van der Waals surface area (Å²) in [6.07, 6.45) is 0.0979. The van der Waals surface area contributed by atoms with Crippen LogP contribution in [0.3, 0.4) is 0 Å². The summed E-state index contributed by atoms with van der Waals surface area (Å²) in [5.74, 6) is 0.0628. The number of fused-ring (bicyclic) bond motifs is 1. The van der Waals surface area contributed by atoms with E-state index < -0.39 is 5.95 Å². The molecule has 1 amide bonds. The SMILES string of the molecule is CCN(CC)C(=O)Cc1c(-c2ccc(OC)cc2)nc2ccc([18F])nn12. The summed E-state index contributed by atoms with van der Waals surface area (Å²) in [4.78, 5) is 18.9. The van der Waals surface area contributed by atoms with E-state index in [1.165, 1.54) is 10.6 Å². The van der Waals surface area contributed by atoms with Crippen molar-refractivity contribution in [1.82, 2.24) is 19.5 Å². The molecule has 0 N–H and O–H groups in total. The summed E-state index contributed by atoms with van der Waals surface area (Å²) in [5, 5.41) is 3.91. The number of nitrogens with zero attached hydrogens (tertiary/aromatic N) is 4. The lowest BCUT2D eigenvalue weighted by atomic mass is 10.1. The second-order valence-electron chi connectivity index (χ2n) is 5.80. The van der Waals surface area contributed by atoms with E-state index in [4.69, 9.17) is 4.74 Å². The van der Waals surface area contributed by atoms with Crippen LogP contribution in [0.2, 0.25) is 0 Å². The molecule has 0 unspecified atom stereocenters. The van der Waals surface area contributed by atoms with Crippen LogP contribution in [-0.4, -0.2) is 45.6 Å². The number of hydrogen-bond donors (Lipinski definition) is 0. The molecule has 2 aromatic heterocycles. The number of hydrogen-bond acceptors (Lipinski definition) is 4. The van der Waals surface area contributed by atoms with E-state index in [0.29, 0.717) is 30.1 Å². The summed E-state index contributed by atoms with van der Waals surface area (Å²) in [7, 11) is 1.60. The van der Waals surface area contributed by atoms with Gasteiger partial charge in [0, 0.05) is 18.7 Å². The van der Waals surface area contributed by atoms with Crippen molar-refractivity contribution < 1.29 is 13.9 Å². The molecule has 3 aromatic rings. The van der Waals surface area contributed by atoms with Gasteiger partial charge in [-0.3, -0.25) is 4.79 Å². The molecule has 0 saturated heterocycles. The smallest absolute Gasteiger partial charge is 0.231 e. The van der Waals surface area contributed by atoms with Gasteiger partial charge in [0.2, 0.25) is 11.9 Å². The molecular weight excluding hydrogens is 334 g/mol. The van der Waals surface area contributed by atoms with E-state index in [2.05, 4.69) is 10.1 Å². The largest absolute Gasteiger partial charge is 0.497 e. The van der Waals surface area contributed by atoms with Crippen LogP contribution < -0.4 is 4.74 Å². The zero-order valence-corrected chi connectivity index (χ0v) is 15.1. The highest BCUT2D eigenvalue weighted by molar-refractivity contribution is 5.81. The summed E-state index contributed by atoms with van der Waals surface area (Å²) in [5.41, 5.74) is 2.51. The molecule has 0 aliphatic carbocycles. The molecule has 0 fully saturated rings. The molecule has 3 rings (SSSR count). The fraction of sp³-hybridized carbons (Fsp3) is 0.316. The highest BCUT2D eigenvalue weighted by atomic mass is 18.2. The minimum Gasteiger partial charge on any atom is -0.497 e. The van der Waals surface area contributed by atoms with Crippen molar-refractivity contribution in [1.29, 1.82) is 0 Å². The molecule has 2 heterocycles. The van der Waals surface area contributed by atoms with Gasteiger partial charge in [-0.15, -0.1) is 5.10 Å². The van der Waals surface area contributed by atoms with Crippen LogP contribution in [0.15, 0.2) is 36.4 Å². The molecule has 7 heteroatoms. The maximum atomic E-state index is 13.7. The predicted molar refractivity (Wildman–Crippen MR) is 96.6 cm³/mol. The second-order valence-corrected chi connectivity index (χ2v) is 5.80. The zero-order chi connectivity index (χ0) is 18.7. The summed E-state index contributed by atoms with van der Waals surface area (Å²) < 4.78 is 20.3. The van der Waals surface area contributed by atoms with E-state index in [-0.39, 0.29) is 12.3 Å². The normalized spacial score (nSPS) is 10.9. The Balaban J connectivity index is 2.10. The Kier molecular flexibility index (Phi) is 5.16. The van der Waals surface area contributed by atoms with Gasteiger partial charge in [-0.05, 0) is 50.2 Å². The number of ether oxygens (including phenoxy) is 1. The summed E-state index contributed by atoms with van der Waals surface area (Å²) in [6.45, 7) is 5.09. The van der Waals surface area contributed by atoms with Crippen molar-refractivity contribution in [3.63, 3.8) is 0 Å². The van der Waals surface area contributed by atoms with Crippen LogP contribution in [0, 0.1) is 5.95 Å². The molecular formula is C19H21FN4O2. The maximum Gasteiger partial charge on any atom is 0.231 e. The summed E-state index contributed by atoms with van der Waals surface area (Å²) >= 11 is 0. The number of benzene rings is 1. The van der Waals surface area contributed by atoms with Gasteiger partial charge >= 0.3 is 0 Å². The quantitative estimate of drug-likeness (QED) is 0.682. The number of rotatable bonds is 6. The molecule has 0 aliphatic rings. The van der Waals surface area contributed by atoms with Gasteiger partial charge in [0.25, 0.3) is 0 Å². The first-order valence-electron chi connectivity index (χ1n) is 8.53. The van der Waals surface area contributed by atoms with Gasteiger partial charge in [0.1, 0.15) is 5.75 Å². The highest BCUT2D eigenvalue weighted by Gasteiger charge is 2.20. The minimum atomic E-state index is -0.618. The topological polar surface area (TPSA) is 59.7 Å². The van der Waals surface area contributed by atoms with Crippen molar-refractivity contribution in [3.8, 4) is 17.0 Å². The standard InChI is InChI=1S/C19H21FN4O2/c1-4-23(5-2)18(25)12-15-19(13-6-8-14(26-3)9-7-13)21-17-11-10-16(20)22-24(15)17/h6-11H,4-5,12H2,1-3H3/i20-1. The van der Waals surface area contributed by atoms with Crippen molar-refractivity contribution in [2.75, 3.05) is 20.2 Å². The first-order valence-corrected chi connectivity index (χ1v) is 8.53. The third-order valence-electron chi connectivity index (χ3n) is 4.34. The Labute approximate surface area is 151 Å². The Morgan fingerprint density at radius 3 is 2.46 bits per heavy atom. The third kappa shape index (κ3) is 3.37. The predicted octanol–water partition coefficient (Wildman–Crippen LogP) is 2.95. The monoisotopic (exact) mass is 355 g/mol.